The number of hydrogen-bond acceptors (Lipinski definition) is 2. The number of anilines is 1. The van der Waals surface area contributed by atoms with Gasteiger partial charge in [0.15, 0.2) is 11.6 Å². The highest BCUT2D eigenvalue weighted by molar-refractivity contribution is 14.1. The van der Waals surface area contributed by atoms with Gasteiger partial charge in [0.1, 0.15) is 0 Å². The summed E-state index contributed by atoms with van der Waals surface area (Å²) >= 11 is 1.92. The number of carboxylic acid groups (broad SMARTS) is 1. The Bertz CT molecular complexity index is 734. The number of carbonyl (C=O) groups is 2. The van der Waals surface area contributed by atoms with Crippen molar-refractivity contribution in [3.05, 3.63) is 62.7 Å². The van der Waals surface area contributed by atoms with E-state index in [9.17, 15) is 18.4 Å². The first kappa shape index (κ1) is 15.4. The second-order valence-corrected chi connectivity index (χ2v) is 5.30. The predicted molar refractivity (Wildman–Crippen MR) is 80.4 cm³/mol. The molecule has 7 heteroatoms. The Hall–Kier alpha value is -2.03. The number of nitrogens with one attached hydrogen (secondary N) is 1. The zero-order valence-electron chi connectivity index (χ0n) is 10.4. The van der Waals surface area contributed by atoms with E-state index in [1.165, 1.54) is 18.2 Å². The summed E-state index contributed by atoms with van der Waals surface area (Å²) in [6.07, 6.45) is 0. The maximum atomic E-state index is 13.5. The third-order valence-corrected chi connectivity index (χ3v) is 3.33. The largest absolute Gasteiger partial charge is 0.478 e. The van der Waals surface area contributed by atoms with E-state index in [4.69, 9.17) is 5.11 Å². The number of aromatic carboxylic acids is 1. The van der Waals surface area contributed by atoms with Gasteiger partial charge in [0.25, 0.3) is 5.91 Å². The van der Waals surface area contributed by atoms with Crippen molar-refractivity contribution in [2.75, 3.05) is 5.32 Å². The van der Waals surface area contributed by atoms with Gasteiger partial charge in [-0.05, 0) is 52.9 Å². The molecule has 1 amide bonds. The van der Waals surface area contributed by atoms with Gasteiger partial charge in [0.05, 0.1) is 16.8 Å². The SMILES string of the molecule is O=C(O)c1cc(I)ccc1NC(=O)c1cccc(F)c1F. The molecule has 2 aromatic rings. The molecule has 4 nitrogen and oxygen atoms in total. The normalized spacial score (nSPS) is 10.2. The molecule has 108 valence electrons. The molecule has 0 saturated carbocycles. The number of carboxylic acids is 1. The second kappa shape index (κ2) is 6.17. The standard InChI is InChI=1S/C14H8F2INO3/c15-10-3-1-2-8(12(10)16)13(19)18-11-5-4-7(17)6-9(11)14(20)21/h1-6H,(H,18,19)(H,20,21). The summed E-state index contributed by atoms with van der Waals surface area (Å²) in [5.41, 5.74) is -0.617. The Morgan fingerprint density at radius 3 is 2.48 bits per heavy atom. The summed E-state index contributed by atoms with van der Waals surface area (Å²) in [7, 11) is 0. The molecule has 2 N–H and O–H groups in total. The van der Waals surface area contributed by atoms with Crippen LogP contribution in [-0.4, -0.2) is 17.0 Å². The number of hydrogen-bond donors (Lipinski definition) is 2. The van der Waals surface area contributed by atoms with Crippen LogP contribution in [0.5, 0.6) is 0 Å². The summed E-state index contributed by atoms with van der Waals surface area (Å²) < 4.78 is 27.3. The molecule has 0 aliphatic heterocycles. The van der Waals surface area contributed by atoms with Gasteiger partial charge in [0, 0.05) is 3.57 Å². The summed E-state index contributed by atoms with van der Waals surface area (Å²) in [5, 5.41) is 11.4. The molecular formula is C14H8F2INO3. The molecule has 0 saturated heterocycles. The molecule has 0 bridgehead atoms. The maximum Gasteiger partial charge on any atom is 0.337 e. The number of rotatable bonds is 3. The maximum absolute atomic E-state index is 13.5. The van der Waals surface area contributed by atoms with Crippen LogP contribution in [0, 0.1) is 15.2 Å². The molecule has 0 aliphatic carbocycles. The lowest BCUT2D eigenvalue weighted by Gasteiger charge is -2.09. The van der Waals surface area contributed by atoms with Crippen molar-refractivity contribution in [2.45, 2.75) is 0 Å². The molecule has 0 atom stereocenters. The number of benzene rings is 2. The summed E-state index contributed by atoms with van der Waals surface area (Å²) in [6.45, 7) is 0. The molecule has 0 radical (unpaired) electrons. The molecule has 0 unspecified atom stereocenters. The smallest absolute Gasteiger partial charge is 0.337 e. The summed E-state index contributed by atoms with van der Waals surface area (Å²) in [5.74, 6) is -4.58. The molecule has 0 heterocycles. The Morgan fingerprint density at radius 2 is 1.81 bits per heavy atom. The van der Waals surface area contributed by atoms with Gasteiger partial charge in [0.2, 0.25) is 0 Å². The van der Waals surface area contributed by atoms with Crippen LogP contribution in [0.4, 0.5) is 14.5 Å². The predicted octanol–water partition coefficient (Wildman–Crippen LogP) is 3.52. The van der Waals surface area contributed by atoms with Crippen LogP contribution in [0.25, 0.3) is 0 Å². The Morgan fingerprint density at radius 1 is 1.10 bits per heavy atom. The fourth-order valence-electron chi connectivity index (χ4n) is 1.67. The number of amides is 1. The van der Waals surface area contributed by atoms with Crippen molar-refractivity contribution in [1.82, 2.24) is 0 Å². The van der Waals surface area contributed by atoms with Crippen LogP contribution < -0.4 is 5.32 Å². The lowest BCUT2D eigenvalue weighted by molar-refractivity contribution is 0.0698. The lowest BCUT2D eigenvalue weighted by Crippen LogP contribution is -2.17. The zero-order valence-corrected chi connectivity index (χ0v) is 12.5. The van der Waals surface area contributed by atoms with E-state index in [1.54, 1.807) is 6.07 Å². The fourth-order valence-corrected chi connectivity index (χ4v) is 2.16. The minimum Gasteiger partial charge on any atom is -0.478 e. The van der Waals surface area contributed by atoms with Gasteiger partial charge in [-0.3, -0.25) is 4.79 Å². The molecule has 0 spiro atoms. The molecule has 21 heavy (non-hydrogen) atoms. The molecule has 0 fully saturated rings. The van der Waals surface area contributed by atoms with Gasteiger partial charge < -0.3 is 10.4 Å². The third kappa shape index (κ3) is 3.35. The van der Waals surface area contributed by atoms with Crippen LogP contribution in [-0.2, 0) is 0 Å². The van der Waals surface area contributed by atoms with Crippen LogP contribution >= 0.6 is 22.6 Å². The first-order valence-electron chi connectivity index (χ1n) is 5.68. The van der Waals surface area contributed by atoms with Gasteiger partial charge >= 0.3 is 5.97 Å². The van der Waals surface area contributed by atoms with Crippen molar-refractivity contribution in [1.29, 1.82) is 0 Å². The summed E-state index contributed by atoms with van der Waals surface area (Å²) in [4.78, 5) is 23.1. The quantitative estimate of drug-likeness (QED) is 0.771. The Labute approximate surface area is 131 Å². The summed E-state index contributed by atoms with van der Waals surface area (Å²) in [6, 6.07) is 7.53. The number of halogens is 3. The average molecular weight is 403 g/mol. The van der Waals surface area contributed by atoms with E-state index in [-0.39, 0.29) is 11.3 Å². The highest BCUT2D eigenvalue weighted by Gasteiger charge is 2.18. The molecule has 0 aromatic heterocycles. The van der Waals surface area contributed by atoms with Crippen LogP contribution in [0.2, 0.25) is 0 Å². The van der Waals surface area contributed by atoms with Crippen molar-refractivity contribution >= 4 is 40.2 Å². The molecule has 2 aromatic carbocycles. The Kier molecular flexibility index (Phi) is 4.51. The van der Waals surface area contributed by atoms with E-state index >= 15 is 0 Å². The van der Waals surface area contributed by atoms with Gasteiger partial charge in [-0.25, -0.2) is 13.6 Å². The van der Waals surface area contributed by atoms with Crippen LogP contribution in [0.1, 0.15) is 20.7 Å². The highest BCUT2D eigenvalue weighted by Crippen LogP contribution is 2.21. The first-order chi connectivity index (χ1) is 9.90. The van der Waals surface area contributed by atoms with Crippen molar-refractivity contribution < 1.29 is 23.5 Å². The topological polar surface area (TPSA) is 66.4 Å². The monoisotopic (exact) mass is 403 g/mol. The zero-order chi connectivity index (χ0) is 15.6. The van der Waals surface area contributed by atoms with Gasteiger partial charge in [-0.1, -0.05) is 6.07 Å². The van der Waals surface area contributed by atoms with Gasteiger partial charge in [-0.2, -0.15) is 0 Å². The Balaban J connectivity index is 2.36. The third-order valence-electron chi connectivity index (χ3n) is 2.66. The minimum absolute atomic E-state index is 0.0107. The van der Waals surface area contributed by atoms with Crippen molar-refractivity contribution in [2.24, 2.45) is 0 Å². The van der Waals surface area contributed by atoms with E-state index in [2.05, 4.69) is 5.32 Å². The highest BCUT2D eigenvalue weighted by atomic mass is 127. The van der Waals surface area contributed by atoms with E-state index in [0.717, 1.165) is 12.1 Å². The van der Waals surface area contributed by atoms with Crippen molar-refractivity contribution in [3.63, 3.8) is 0 Å². The van der Waals surface area contributed by atoms with Gasteiger partial charge in [-0.15, -0.1) is 0 Å². The molecule has 2 rings (SSSR count). The lowest BCUT2D eigenvalue weighted by atomic mass is 10.1. The van der Waals surface area contributed by atoms with E-state index in [0.29, 0.717) is 3.57 Å². The van der Waals surface area contributed by atoms with Crippen LogP contribution in [0.15, 0.2) is 36.4 Å². The first-order valence-corrected chi connectivity index (χ1v) is 6.76. The van der Waals surface area contributed by atoms with Crippen LogP contribution in [0.3, 0.4) is 0 Å². The molecule has 0 aliphatic rings. The fraction of sp³-hybridized carbons (Fsp3) is 0. The van der Waals surface area contributed by atoms with E-state index < -0.39 is 29.1 Å². The average Bonchev–Trinajstić information content (AvgIpc) is 2.43. The van der Waals surface area contributed by atoms with E-state index in [1.807, 2.05) is 22.6 Å². The van der Waals surface area contributed by atoms with Crippen molar-refractivity contribution in [3.8, 4) is 0 Å². The minimum atomic E-state index is -1.28. The number of carbonyl (C=O) groups excluding carboxylic acids is 1. The molecular weight excluding hydrogens is 395 g/mol. The second-order valence-electron chi connectivity index (χ2n) is 4.05.